The van der Waals surface area contributed by atoms with E-state index in [4.69, 9.17) is 0 Å². The van der Waals surface area contributed by atoms with Crippen molar-refractivity contribution in [2.45, 2.75) is 9.79 Å². The normalized spacial score (nSPS) is 11.9. The first-order chi connectivity index (χ1) is 14.2. The Labute approximate surface area is 188 Å². The number of benzene rings is 2. The Balaban J connectivity index is 1.57. The van der Waals surface area contributed by atoms with Crippen molar-refractivity contribution in [2.75, 3.05) is 0 Å². The summed E-state index contributed by atoms with van der Waals surface area (Å²) in [6.07, 6.45) is 4.18. The van der Waals surface area contributed by atoms with Crippen molar-refractivity contribution in [3.05, 3.63) is 82.3 Å². The molecule has 0 saturated heterocycles. The second-order valence-corrected chi connectivity index (χ2v) is 9.81. The van der Waals surface area contributed by atoms with Crippen LogP contribution < -0.4 is 0 Å². The molecule has 0 atom stereocenters. The van der Waals surface area contributed by atoms with Crippen LogP contribution in [-0.4, -0.2) is 9.97 Å². The van der Waals surface area contributed by atoms with E-state index in [-0.39, 0.29) is 0 Å². The van der Waals surface area contributed by atoms with Crippen LogP contribution in [0.4, 0.5) is 0 Å². The summed E-state index contributed by atoms with van der Waals surface area (Å²) in [5.41, 5.74) is 5.00. The minimum Gasteiger partial charge on any atom is -0.355 e. The molecule has 6 rings (SSSR count). The Morgan fingerprint density at radius 2 is 1.55 bits per heavy atom. The lowest BCUT2D eigenvalue weighted by molar-refractivity contribution is 1.19. The third-order valence-corrected chi connectivity index (χ3v) is 7.96. The fourth-order valence-corrected chi connectivity index (χ4v) is 6.20. The fourth-order valence-electron chi connectivity index (χ4n) is 4.14. The molecule has 4 aliphatic rings. The predicted molar refractivity (Wildman–Crippen MR) is 129 cm³/mol. The molecule has 2 aliphatic heterocycles. The van der Waals surface area contributed by atoms with Gasteiger partial charge in [-0.3, -0.25) is 0 Å². The van der Waals surface area contributed by atoms with Crippen LogP contribution in [0.25, 0.3) is 43.8 Å². The van der Waals surface area contributed by atoms with E-state index in [1.165, 1.54) is 53.6 Å². The number of hydrogen-bond donors (Lipinski definition) is 2. The second-order valence-electron chi connectivity index (χ2n) is 7.11. The van der Waals surface area contributed by atoms with Crippen LogP contribution >= 0.6 is 43.6 Å². The highest BCUT2D eigenvalue weighted by Gasteiger charge is 2.20. The van der Waals surface area contributed by atoms with E-state index in [9.17, 15) is 0 Å². The number of rotatable bonds is 2. The number of aromatic nitrogens is 2. The lowest BCUT2D eigenvalue weighted by atomic mass is 10.1. The van der Waals surface area contributed by atoms with Gasteiger partial charge in [0.15, 0.2) is 0 Å². The van der Waals surface area contributed by atoms with Crippen LogP contribution in [0.5, 0.6) is 0 Å². The molecule has 2 aliphatic carbocycles. The van der Waals surface area contributed by atoms with Gasteiger partial charge >= 0.3 is 0 Å². The summed E-state index contributed by atoms with van der Waals surface area (Å²) in [5, 5.41) is 5.10. The van der Waals surface area contributed by atoms with Crippen LogP contribution in [0.1, 0.15) is 0 Å². The molecule has 0 unspecified atom stereocenters. The van der Waals surface area contributed by atoms with Crippen LogP contribution in [0.2, 0.25) is 0 Å². The highest BCUT2D eigenvalue weighted by atomic mass is 79.9. The van der Waals surface area contributed by atoms with E-state index >= 15 is 0 Å². The van der Waals surface area contributed by atoms with E-state index in [1.807, 2.05) is 11.8 Å². The summed E-state index contributed by atoms with van der Waals surface area (Å²) in [5.74, 6) is 0. The molecule has 2 N–H and O–H groups in total. The van der Waals surface area contributed by atoms with E-state index in [1.54, 1.807) is 0 Å². The molecule has 0 bridgehead atoms. The average molecular weight is 522 g/mol. The Morgan fingerprint density at radius 3 is 2.48 bits per heavy atom. The maximum absolute atomic E-state index is 3.76. The van der Waals surface area contributed by atoms with Gasteiger partial charge < -0.3 is 9.97 Å². The largest absolute Gasteiger partial charge is 0.355 e. The van der Waals surface area contributed by atoms with Crippen molar-refractivity contribution in [1.82, 2.24) is 9.97 Å². The zero-order valence-electron chi connectivity index (χ0n) is 15.1. The highest BCUT2D eigenvalue weighted by molar-refractivity contribution is 9.10. The summed E-state index contributed by atoms with van der Waals surface area (Å²) in [7, 11) is 0. The minimum absolute atomic E-state index is 0.986. The Kier molecular flexibility index (Phi) is 4.05. The van der Waals surface area contributed by atoms with Crippen LogP contribution in [0.3, 0.4) is 0 Å². The molecular weight excluding hydrogens is 508 g/mol. The maximum Gasteiger partial charge on any atom is 0.0967 e. The number of H-pyrrole nitrogens is 2. The molecule has 2 aromatic rings. The molecule has 0 spiro atoms. The lowest BCUT2D eigenvalue weighted by Crippen LogP contribution is -1.88. The summed E-state index contributed by atoms with van der Waals surface area (Å²) >= 11 is 9.11. The molecule has 140 valence electrons. The topological polar surface area (TPSA) is 31.6 Å². The second kappa shape index (κ2) is 6.66. The Morgan fingerprint density at radius 1 is 0.724 bits per heavy atom. The molecular formula is C24H14Br2N2S. The van der Waals surface area contributed by atoms with Crippen molar-refractivity contribution in [1.29, 1.82) is 0 Å². The van der Waals surface area contributed by atoms with E-state index in [2.05, 4.69) is 115 Å². The van der Waals surface area contributed by atoms with Gasteiger partial charge in [0.2, 0.25) is 0 Å². The van der Waals surface area contributed by atoms with Crippen LogP contribution in [0, 0.1) is 0 Å². The number of fused-ring (bicyclic) bond motifs is 6. The van der Waals surface area contributed by atoms with Gasteiger partial charge in [0, 0.05) is 39.4 Å². The van der Waals surface area contributed by atoms with Gasteiger partial charge in [-0.15, -0.1) is 0 Å². The average Bonchev–Trinajstić information content (AvgIpc) is 3.28. The SMILES string of the molecule is Brc1cc2cc3cccc(Sc4c5cc6ccccc6c-5c[nH]c4Br)c3c-2c[nH]1. The standard InChI is InChI=1S/C24H14Br2N2S/c25-21-10-15-8-14-5-3-7-20(22(14)18(15)11-27-21)29-23-17-9-13-4-1-2-6-16(13)19(17)12-28-24(23)26/h1-12,27-28H. The quantitative estimate of drug-likeness (QED) is 0.220. The monoisotopic (exact) mass is 520 g/mol. The molecule has 0 fully saturated rings. The fraction of sp³-hybridized carbons (Fsp3) is 0. The van der Waals surface area contributed by atoms with E-state index < -0.39 is 0 Å². The summed E-state index contributed by atoms with van der Waals surface area (Å²) in [6.45, 7) is 0. The maximum atomic E-state index is 3.76. The van der Waals surface area contributed by atoms with Crippen LogP contribution in [0.15, 0.2) is 92.1 Å². The van der Waals surface area contributed by atoms with Crippen molar-refractivity contribution in [3.8, 4) is 22.3 Å². The molecule has 0 saturated carbocycles. The number of hydrogen-bond acceptors (Lipinski definition) is 1. The third-order valence-electron chi connectivity index (χ3n) is 5.43. The van der Waals surface area contributed by atoms with Crippen molar-refractivity contribution >= 4 is 65.2 Å². The van der Waals surface area contributed by atoms with Crippen molar-refractivity contribution in [3.63, 3.8) is 0 Å². The molecule has 0 amide bonds. The van der Waals surface area contributed by atoms with Gasteiger partial charge in [0.05, 0.1) is 14.1 Å². The first-order valence-electron chi connectivity index (χ1n) is 9.24. The summed E-state index contributed by atoms with van der Waals surface area (Å²) in [4.78, 5) is 9.17. The number of nitrogens with one attached hydrogen (secondary N) is 2. The smallest absolute Gasteiger partial charge is 0.0967 e. The van der Waals surface area contributed by atoms with Gasteiger partial charge in [-0.2, -0.15) is 0 Å². The van der Waals surface area contributed by atoms with Gasteiger partial charge in [-0.05, 0) is 77.8 Å². The highest BCUT2D eigenvalue weighted by Crippen LogP contribution is 2.48. The number of halogens is 2. The number of pyridine rings is 2. The van der Waals surface area contributed by atoms with Crippen molar-refractivity contribution in [2.24, 2.45) is 0 Å². The summed E-state index contributed by atoms with van der Waals surface area (Å²) in [6, 6.07) is 21.8. The molecule has 0 radical (unpaired) electrons. The van der Waals surface area contributed by atoms with Gasteiger partial charge in [-0.25, -0.2) is 0 Å². The Bertz CT molecular complexity index is 1460. The minimum atomic E-state index is 0.986. The molecule has 2 aromatic carbocycles. The molecule has 5 heteroatoms. The van der Waals surface area contributed by atoms with Crippen molar-refractivity contribution < 1.29 is 0 Å². The zero-order valence-corrected chi connectivity index (χ0v) is 19.1. The van der Waals surface area contributed by atoms with Gasteiger partial charge in [0.25, 0.3) is 0 Å². The zero-order chi connectivity index (χ0) is 19.5. The first kappa shape index (κ1) is 17.6. The number of aromatic amines is 2. The third kappa shape index (κ3) is 2.75. The first-order valence-corrected chi connectivity index (χ1v) is 11.6. The van der Waals surface area contributed by atoms with E-state index in [0.29, 0.717) is 0 Å². The molecule has 2 heterocycles. The van der Waals surface area contributed by atoms with Gasteiger partial charge in [0.1, 0.15) is 0 Å². The lowest BCUT2D eigenvalue weighted by Gasteiger charge is -2.12. The molecule has 2 nitrogen and oxygen atoms in total. The molecule has 29 heavy (non-hydrogen) atoms. The predicted octanol–water partition coefficient (Wildman–Crippen LogP) is 8.54. The van der Waals surface area contributed by atoms with Gasteiger partial charge in [-0.1, -0.05) is 48.2 Å². The molecule has 0 aromatic heterocycles. The van der Waals surface area contributed by atoms with E-state index in [0.717, 1.165) is 9.21 Å². The summed E-state index contributed by atoms with van der Waals surface area (Å²) < 4.78 is 1.99. The Hall–Kier alpha value is -2.21. The van der Waals surface area contributed by atoms with Crippen LogP contribution in [-0.2, 0) is 0 Å².